The first-order chi connectivity index (χ1) is 6.90. The van der Waals surface area contributed by atoms with Crippen LogP contribution in [-0.4, -0.2) is 16.9 Å². The van der Waals surface area contributed by atoms with E-state index in [2.05, 4.69) is 4.98 Å². The maximum atomic E-state index is 11.9. The molecule has 0 aliphatic rings. The van der Waals surface area contributed by atoms with E-state index < -0.39 is 24.8 Å². The molecule has 0 amide bonds. The van der Waals surface area contributed by atoms with Crippen molar-refractivity contribution in [1.82, 2.24) is 4.98 Å². The third-order valence-corrected chi connectivity index (χ3v) is 1.91. The minimum Gasteiger partial charge on any atom is -0.292 e. The molecule has 0 bridgehead atoms. The maximum absolute atomic E-state index is 11.9. The van der Waals surface area contributed by atoms with Crippen molar-refractivity contribution < 1.29 is 18.0 Å². The molecule has 0 spiro atoms. The highest BCUT2D eigenvalue weighted by molar-refractivity contribution is 5.95. The van der Waals surface area contributed by atoms with Gasteiger partial charge in [-0.25, -0.2) is 0 Å². The molecule has 0 radical (unpaired) electrons. The summed E-state index contributed by atoms with van der Waals surface area (Å²) >= 11 is 0. The summed E-state index contributed by atoms with van der Waals surface area (Å²) < 4.78 is 35.6. The van der Waals surface area contributed by atoms with Crippen LogP contribution in [0.2, 0.25) is 0 Å². The summed E-state index contributed by atoms with van der Waals surface area (Å²) in [6.07, 6.45) is -4.53. The second kappa shape index (κ2) is 4.42. The van der Waals surface area contributed by atoms with Gasteiger partial charge in [0.25, 0.3) is 0 Å². The summed E-state index contributed by atoms with van der Waals surface area (Å²) in [7, 11) is 0. The third kappa shape index (κ3) is 3.69. The van der Waals surface area contributed by atoms with Crippen LogP contribution >= 0.6 is 0 Å². The summed E-state index contributed by atoms with van der Waals surface area (Å²) in [5, 5.41) is 0. The summed E-state index contributed by atoms with van der Waals surface area (Å²) in [6.45, 7) is 1.65. The van der Waals surface area contributed by atoms with E-state index in [-0.39, 0.29) is 5.69 Å². The minimum atomic E-state index is -4.29. The number of alkyl halides is 3. The van der Waals surface area contributed by atoms with Crippen LogP contribution in [-0.2, 0) is 0 Å². The van der Waals surface area contributed by atoms with Gasteiger partial charge in [-0.05, 0) is 18.6 Å². The lowest BCUT2D eigenvalue weighted by Gasteiger charge is -2.06. The highest BCUT2D eigenvalue weighted by Crippen LogP contribution is 2.22. The van der Waals surface area contributed by atoms with Crippen LogP contribution in [0.5, 0.6) is 0 Å². The molecule has 0 aliphatic carbocycles. The zero-order valence-corrected chi connectivity index (χ0v) is 8.14. The van der Waals surface area contributed by atoms with Crippen molar-refractivity contribution in [2.75, 3.05) is 0 Å². The number of carbonyl (C=O) groups is 1. The van der Waals surface area contributed by atoms with Gasteiger partial charge >= 0.3 is 6.18 Å². The molecule has 0 saturated carbocycles. The summed E-state index contributed by atoms with van der Waals surface area (Å²) in [6, 6.07) is 3.28. The molecule has 15 heavy (non-hydrogen) atoms. The lowest BCUT2D eigenvalue weighted by atomic mass is 10.1. The Bertz CT molecular complexity index is 360. The summed E-state index contributed by atoms with van der Waals surface area (Å²) in [5.41, 5.74) is 0.728. The van der Waals surface area contributed by atoms with Crippen molar-refractivity contribution >= 4 is 5.78 Å². The molecule has 0 aromatic carbocycles. The molecule has 82 valence electrons. The Morgan fingerprint density at radius 1 is 1.47 bits per heavy atom. The monoisotopic (exact) mass is 217 g/mol. The largest absolute Gasteiger partial charge is 0.389 e. The number of hydrogen-bond donors (Lipinski definition) is 0. The topological polar surface area (TPSA) is 30.0 Å². The molecule has 2 nitrogen and oxygen atoms in total. The number of Topliss-reactive ketones (excluding diaryl/α,β-unsaturated/α-hetero) is 1. The normalized spacial score (nSPS) is 11.5. The standard InChI is InChI=1S/C10H10F3NO/c1-7-3-2-6-14-9(7)8(15)4-5-10(11,12)13/h2-3,6H,4-5H2,1H3. The van der Waals surface area contributed by atoms with E-state index in [1.165, 1.54) is 6.20 Å². The molecule has 0 N–H and O–H groups in total. The lowest BCUT2D eigenvalue weighted by molar-refractivity contribution is -0.133. The SMILES string of the molecule is Cc1cccnc1C(=O)CCC(F)(F)F. The van der Waals surface area contributed by atoms with E-state index in [0.29, 0.717) is 5.56 Å². The Morgan fingerprint density at radius 3 is 2.67 bits per heavy atom. The van der Waals surface area contributed by atoms with Crippen LogP contribution in [0.1, 0.15) is 28.9 Å². The molecule has 1 aromatic heterocycles. The first-order valence-corrected chi connectivity index (χ1v) is 4.42. The van der Waals surface area contributed by atoms with Crippen LogP contribution in [0.25, 0.3) is 0 Å². The van der Waals surface area contributed by atoms with Crippen molar-refractivity contribution in [2.24, 2.45) is 0 Å². The van der Waals surface area contributed by atoms with E-state index in [4.69, 9.17) is 0 Å². The van der Waals surface area contributed by atoms with Crippen molar-refractivity contribution in [3.05, 3.63) is 29.6 Å². The van der Waals surface area contributed by atoms with Gasteiger partial charge in [0.05, 0.1) is 6.42 Å². The van der Waals surface area contributed by atoms with E-state index >= 15 is 0 Å². The molecular weight excluding hydrogens is 207 g/mol. The smallest absolute Gasteiger partial charge is 0.292 e. The van der Waals surface area contributed by atoms with Gasteiger partial charge in [0.1, 0.15) is 5.69 Å². The Labute approximate surface area is 85.1 Å². The Kier molecular flexibility index (Phi) is 3.44. The Hall–Kier alpha value is -1.39. The zero-order chi connectivity index (χ0) is 11.5. The van der Waals surface area contributed by atoms with Crippen molar-refractivity contribution in [1.29, 1.82) is 0 Å². The molecule has 1 rings (SSSR count). The molecule has 0 fully saturated rings. The highest BCUT2D eigenvalue weighted by atomic mass is 19.4. The number of pyridine rings is 1. The summed E-state index contributed by atoms with van der Waals surface area (Å²) in [5.74, 6) is -0.564. The Balaban J connectivity index is 2.66. The number of carbonyl (C=O) groups excluding carboxylic acids is 1. The van der Waals surface area contributed by atoms with Gasteiger partial charge in [0, 0.05) is 12.6 Å². The maximum Gasteiger partial charge on any atom is 0.389 e. The number of ketones is 1. The van der Waals surface area contributed by atoms with E-state index in [1.54, 1.807) is 19.1 Å². The van der Waals surface area contributed by atoms with Crippen molar-refractivity contribution in [2.45, 2.75) is 25.9 Å². The highest BCUT2D eigenvalue weighted by Gasteiger charge is 2.28. The summed E-state index contributed by atoms with van der Waals surface area (Å²) in [4.78, 5) is 15.1. The van der Waals surface area contributed by atoms with Gasteiger partial charge in [-0.15, -0.1) is 0 Å². The average Bonchev–Trinajstić information content (AvgIpc) is 2.14. The second-order valence-corrected chi connectivity index (χ2v) is 3.21. The van der Waals surface area contributed by atoms with Crippen molar-refractivity contribution in [3.8, 4) is 0 Å². The van der Waals surface area contributed by atoms with Crippen molar-refractivity contribution in [3.63, 3.8) is 0 Å². The van der Waals surface area contributed by atoms with E-state index in [0.717, 1.165) is 0 Å². The van der Waals surface area contributed by atoms with E-state index in [1.807, 2.05) is 0 Å². The van der Waals surface area contributed by atoms with Gasteiger partial charge in [-0.2, -0.15) is 13.2 Å². The molecule has 0 unspecified atom stereocenters. The van der Waals surface area contributed by atoms with Crippen LogP contribution in [0.15, 0.2) is 18.3 Å². The van der Waals surface area contributed by atoms with Gasteiger partial charge in [0.2, 0.25) is 0 Å². The molecule has 0 aliphatic heterocycles. The van der Waals surface area contributed by atoms with Gasteiger partial charge in [-0.1, -0.05) is 6.07 Å². The van der Waals surface area contributed by atoms with Crippen LogP contribution < -0.4 is 0 Å². The van der Waals surface area contributed by atoms with Crippen LogP contribution in [0.4, 0.5) is 13.2 Å². The van der Waals surface area contributed by atoms with Gasteiger partial charge < -0.3 is 0 Å². The fourth-order valence-electron chi connectivity index (χ4n) is 1.15. The predicted octanol–water partition coefficient (Wildman–Crippen LogP) is 2.92. The average molecular weight is 217 g/mol. The predicted molar refractivity (Wildman–Crippen MR) is 48.6 cm³/mol. The number of rotatable bonds is 3. The first-order valence-electron chi connectivity index (χ1n) is 4.42. The van der Waals surface area contributed by atoms with Crippen LogP contribution in [0, 0.1) is 6.92 Å². The molecule has 1 aromatic rings. The van der Waals surface area contributed by atoms with Crippen LogP contribution in [0.3, 0.4) is 0 Å². The third-order valence-electron chi connectivity index (χ3n) is 1.91. The number of hydrogen-bond acceptors (Lipinski definition) is 2. The second-order valence-electron chi connectivity index (χ2n) is 3.21. The van der Waals surface area contributed by atoms with E-state index in [9.17, 15) is 18.0 Å². The Morgan fingerprint density at radius 2 is 2.13 bits per heavy atom. The van der Waals surface area contributed by atoms with Gasteiger partial charge in [-0.3, -0.25) is 9.78 Å². The number of halogens is 3. The van der Waals surface area contributed by atoms with Gasteiger partial charge in [0.15, 0.2) is 5.78 Å². The fraction of sp³-hybridized carbons (Fsp3) is 0.400. The number of nitrogens with zero attached hydrogens (tertiary/aromatic N) is 1. The lowest BCUT2D eigenvalue weighted by Crippen LogP contribution is -2.12. The fourth-order valence-corrected chi connectivity index (χ4v) is 1.15. The molecular formula is C10H10F3NO. The molecule has 0 atom stereocenters. The zero-order valence-electron chi connectivity index (χ0n) is 8.14. The number of aromatic nitrogens is 1. The quantitative estimate of drug-likeness (QED) is 0.728. The molecule has 5 heteroatoms. The molecule has 1 heterocycles. The minimum absolute atomic E-state index is 0.127. The molecule has 0 saturated heterocycles. The first kappa shape index (κ1) is 11.7. The number of aryl methyl sites for hydroxylation is 1.